The van der Waals surface area contributed by atoms with Gasteiger partial charge in [-0.2, -0.15) is 0 Å². The number of amides is 1. The maximum absolute atomic E-state index is 12.6. The summed E-state index contributed by atoms with van der Waals surface area (Å²) in [6.45, 7) is 6.80. The van der Waals surface area contributed by atoms with Gasteiger partial charge in [0.05, 0.1) is 13.2 Å². The molecule has 1 aliphatic rings. The molecular weight excluding hydrogens is 438 g/mol. The molecule has 190 valence electrons. The van der Waals surface area contributed by atoms with Crippen molar-refractivity contribution in [1.29, 1.82) is 0 Å². The van der Waals surface area contributed by atoms with Crippen molar-refractivity contribution in [2.75, 3.05) is 13.2 Å². The summed E-state index contributed by atoms with van der Waals surface area (Å²) in [5.74, 6) is -0.689. The second-order valence-corrected chi connectivity index (χ2v) is 9.91. The summed E-state index contributed by atoms with van der Waals surface area (Å²) in [6.07, 6.45) is 12.4. The fraction of sp³-hybridized carbons (Fsp3) is 0.500. The summed E-state index contributed by atoms with van der Waals surface area (Å²) in [7, 11) is 0. The van der Waals surface area contributed by atoms with Gasteiger partial charge in [0.15, 0.2) is 5.79 Å². The van der Waals surface area contributed by atoms with Crippen LogP contribution >= 0.6 is 0 Å². The van der Waals surface area contributed by atoms with Gasteiger partial charge in [0, 0.05) is 0 Å². The Kier molecular flexibility index (Phi) is 10.4. The van der Waals surface area contributed by atoms with Gasteiger partial charge >= 0.3 is 6.09 Å². The van der Waals surface area contributed by atoms with E-state index < -0.39 is 17.4 Å². The second-order valence-electron chi connectivity index (χ2n) is 9.91. The van der Waals surface area contributed by atoms with Crippen molar-refractivity contribution in [2.45, 2.75) is 83.6 Å². The molecule has 0 spiro atoms. The molecule has 1 amide bonds. The number of unbranched alkanes of at least 4 members (excludes halogenated alkanes) is 5. The first-order chi connectivity index (χ1) is 16.9. The first kappa shape index (κ1) is 27.0. The molecule has 5 heteroatoms. The third-order valence-corrected chi connectivity index (χ3v) is 6.31. The highest BCUT2D eigenvalue weighted by molar-refractivity contribution is 5.69. The molecule has 1 saturated heterocycles. The molecule has 0 aromatic heterocycles. The van der Waals surface area contributed by atoms with Gasteiger partial charge in [-0.3, -0.25) is 0 Å². The Balaban J connectivity index is 1.56. The Morgan fingerprint density at radius 3 is 2.26 bits per heavy atom. The van der Waals surface area contributed by atoms with Crippen molar-refractivity contribution in [3.63, 3.8) is 0 Å². The maximum atomic E-state index is 12.6. The lowest BCUT2D eigenvalue weighted by molar-refractivity contribution is -0.263. The number of hydrogen-bond acceptors (Lipinski definition) is 4. The van der Waals surface area contributed by atoms with Gasteiger partial charge in [0.1, 0.15) is 12.1 Å². The summed E-state index contributed by atoms with van der Waals surface area (Å²) in [6, 6.07) is 18.3. The summed E-state index contributed by atoms with van der Waals surface area (Å²) in [4.78, 5) is 12.6. The zero-order valence-corrected chi connectivity index (χ0v) is 21.6. The Hall–Kier alpha value is -2.63. The molecule has 0 aliphatic carbocycles. The number of rotatable bonds is 12. The second kappa shape index (κ2) is 13.5. The van der Waals surface area contributed by atoms with Gasteiger partial charge in [-0.25, -0.2) is 4.79 Å². The Morgan fingerprint density at radius 2 is 1.57 bits per heavy atom. The van der Waals surface area contributed by atoms with Crippen molar-refractivity contribution < 1.29 is 19.0 Å². The average molecular weight is 480 g/mol. The van der Waals surface area contributed by atoms with E-state index in [1.54, 1.807) is 0 Å². The molecule has 0 saturated carbocycles. The number of nitrogens with one attached hydrogen (secondary N) is 1. The highest BCUT2D eigenvalue weighted by Crippen LogP contribution is 2.26. The van der Waals surface area contributed by atoms with Crippen LogP contribution in [0.5, 0.6) is 0 Å². The quantitative estimate of drug-likeness (QED) is 0.331. The summed E-state index contributed by atoms with van der Waals surface area (Å²) < 4.78 is 17.2. The van der Waals surface area contributed by atoms with E-state index in [-0.39, 0.29) is 6.61 Å². The van der Waals surface area contributed by atoms with Crippen LogP contribution in [-0.2, 0) is 27.2 Å². The van der Waals surface area contributed by atoms with Crippen LogP contribution in [0, 0.1) is 0 Å². The molecule has 0 unspecified atom stereocenters. The van der Waals surface area contributed by atoms with E-state index in [0.717, 1.165) is 17.5 Å². The lowest BCUT2D eigenvalue weighted by Crippen LogP contribution is -2.59. The van der Waals surface area contributed by atoms with Crippen LogP contribution in [0.3, 0.4) is 0 Å². The molecule has 0 atom stereocenters. The van der Waals surface area contributed by atoms with Crippen LogP contribution in [0.15, 0.2) is 60.7 Å². The van der Waals surface area contributed by atoms with E-state index in [0.29, 0.717) is 13.2 Å². The fourth-order valence-electron chi connectivity index (χ4n) is 4.02. The van der Waals surface area contributed by atoms with Crippen LogP contribution in [0.4, 0.5) is 4.79 Å². The highest BCUT2D eigenvalue weighted by atomic mass is 16.7. The normalized spacial score (nSPS) is 16.8. The van der Waals surface area contributed by atoms with E-state index in [2.05, 4.69) is 36.5 Å². The number of alkyl carbamates (subject to hydrolysis) is 1. The van der Waals surface area contributed by atoms with Crippen molar-refractivity contribution >= 4 is 12.2 Å². The van der Waals surface area contributed by atoms with Gasteiger partial charge in [-0.15, -0.1) is 0 Å². The zero-order valence-electron chi connectivity index (χ0n) is 21.6. The van der Waals surface area contributed by atoms with E-state index in [1.165, 1.54) is 44.1 Å². The first-order valence-electron chi connectivity index (χ1n) is 12.9. The molecule has 1 heterocycles. The highest BCUT2D eigenvalue weighted by Gasteiger charge is 2.40. The number of carbonyl (C=O) groups is 1. The molecule has 0 bridgehead atoms. The number of aryl methyl sites for hydroxylation is 1. The first-order valence-corrected chi connectivity index (χ1v) is 12.9. The van der Waals surface area contributed by atoms with Gasteiger partial charge in [0.2, 0.25) is 0 Å². The van der Waals surface area contributed by atoms with Crippen LogP contribution in [-0.4, -0.2) is 30.6 Å². The Labute approximate surface area is 210 Å². The van der Waals surface area contributed by atoms with E-state index in [1.807, 2.05) is 56.3 Å². The number of ether oxygens (including phenoxy) is 3. The summed E-state index contributed by atoms with van der Waals surface area (Å²) in [5, 5.41) is 2.97. The molecule has 1 fully saturated rings. The third-order valence-electron chi connectivity index (χ3n) is 6.31. The standard InChI is InChI=1S/C30H41NO4/c1-4-5-6-7-8-10-13-25-16-18-26(19-17-25)20-21-30(23-34-29(2,3)35-24-30)31-28(32)33-22-27-14-11-9-12-15-27/h9,11-12,14-21H,4-8,10,13,22-24H2,1-3H3,(H,31,32). The summed E-state index contributed by atoms with van der Waals surface area (Å²) in [5.41, 5.74) is 2.56. The topological polar surface area (TPSA) is 56.8 Å². The molecule has 3 rings (SSSR count). The minimum absolute atomic E-state index is 0.208. The number of carbonyl (C=O) groups excluding carboxylic acids is 1. The Bertz CT molecular complexity index is 911. The maximum Gasteiger partial charge on any atom is 0.408 e. The van der Waals surface area contributed by atoms with Gasteiger partial charge in [-0.1, -0.05) is 106 Å². The van der Waals surface area contributed by atoms with Crippen LogP contribution in [0.1, 0.15) is 76.0 Å². The predicted molar refractivity (Wildman–Crippen MR) is 141 cm³/mol. The van der Waals surface area contributed by atoms with Crippen molar-refractivity contribution in [3.05, 3.63) is 77.4 Å². The van der Waals surface area contributed by atoms with Crippen molar-refractivity contribution in [1.82, 2.24) is 5.32 Å². The molecule has 2 aromatic rings. The minimum atomic E-state index is -0.805. The smallest absolute Gasteiger partial charge is 0.408 e. The lowest BCUT2D eigenvalue weighted by Gasteiger charge is -2.42. The average Bonchev–Trinajstić information content (AvgIpc) is 2.87. The number of benzene rings is 2. The predicted octanol–water partition coefficient (Wildman–Crippen LogP) is 7.05. The molecule has 5 nitrogen and oxygen atoms in total. The molecule has 35 heavy (non-hydrogen) atoms. The third kappa shape index (κ3) is 9.50. The van der Waals surface area contributed by atoms with Crippen LogP contribution in [0.25, 0.3) is 6.08 Å². The molecular formula is C30H41NO4. The SMILES string of the molecule is CCCCCCCCc1ccc(C=CC2(NC(=O)OCc3ccccc3)COC(C)(C)OC2)cc1. The molecule has 0 radical (unpaired) electrons. The largest absolute Gasteiger partial charge is 0.445 e. The summed E-state index contributed by atoms with van der Waals surface area (Å²) >= 11 is 0. The van der Waals surface area contributed by atoms with Crippen LogP contribution < -0.4 is 5.32 Å². The minimum Gasteiger partial charge on any atom is -0.445 e. The fourth-order valence-corrected chi connectivity index (χ4v) is 4.02. The zero-order chi connectivity index (χ0) is 25.0. The Morgan fingerprint density at radius 1 is 0.914 bits per heavy atom. The number of hydrogen-bond donors (Lipinski definition) is 1. The van der Waals surface area contributed by atoms with Gasteiger partial charge in [0.25, 0.3) is 0 Å². The molecule has 2 aromatic carbocycles. The van der Waals surface area contributed by atoms with Gasteiger partial charge < -0.3 is 19.5 Å². The van der Waals surface area contributed by atoms with Crippen LogP contribution in [0.2, 0.25) is 0 Å². The monoisotopic (exact) mass is 479 g/mol. The molecule has 1 aliphatic heterocycles. The van der Waals surface area contributed by atoms with Crippen molar-refractivity contribution in [2.24, 2.45) is 0 Å². The van der Waals surface area contributed by atoms with Crippen molar-refractivity contribution in [3.8, 4) is 0 Å². The van der Waals surface area contributed by atoms with E-state index in [4.69, 9.17) is 14.2 Å². The molecule has 1 N–H and O–H groups in total. The lowest BCUT2D eigenvalue weighted by atomic mass is 9.97. The van der Waals surface area contributed by atoms with E-state index >= 15 is 0 Å². The van der Waals surface area contributed by atoms with Gasteiger partial charge in [-0.05, 0) is 43.4 Å². The van der Waals surface area contributed by atoms with E-state index in [9.17, 15) is 4.79 Å².